The van der Waals surface area contributed by atoms with E-state index < -0.39 is 5.79 Å². The molecule has 1 aliphatic heterocycles. The Hall–Kier alpha value is -0.380. The summed E-state index contributed by atoms with van der Waals surface area (Å²) in [6.07, 6.45) is 6.31. The molecule has 1 aliphatic rings. The minimum atomic E-state index is -0.537. The SMILES string of the molecule is C=CCCC[C@@H]1C[C@@H]([C@H](C)CO)OC(C)(C)O1. The molecule has 17 heavy (non-hydrogen) atoms. The van der Waals surface area contributed by atoms with Crippen LogP contribution in [0.1, 0.15) is 46.5 Å². The van der Waals surface area contributed by atoms with E-state index >= 15 is 0 Å². The van der Waals surface area contributed by atoms with Crippen LogP contribution in [0.4, 0.5) is 0 Å². The number of unbranched alkanes of at least 4 members (excludes halogenated alkanes) is 1. The van der Waals surface area contributed by atoms with Gasteiger partial charge in [-0.05, 0) is 33.1 Å². The van der Waals surface area contributed by atoms with Crippen molar-refractivity contribution in [3.63, 3.8) is 0 Å². The zero-order chi connectivity index (χ0) is 12.9. The highest BCUT2D eigenvalue weighted by Crippen LogP contribution is 2.32. The van der Waals surface area contributed by atoms with Gasteiger partial charge in [-0.3, -0.25) is 0 Å². The Morgan fingerprint density at radius 3 is 2.76 bits per heavy atom. The van der Waals surface area contributed by atoms with Crippen LogP contribution in [0.2, 0.25) is 0 Å². The molecule has 0 aromatic rings. The van der Waals surface area contributed by atoms with E-state index in [1.807, 2.05) is 26.8 Å². The summed E-state index contributed by atoms with van der Waals surface area (Å²) in [6, 6.07) is 0. The first-order valence-corrected chi connectivity index (χ1v) is 6.56. The van der Waals surface area contributed by atoms with E-state index in [1.54, 1.807) is 0 Å². The summed E-state index contributed by atoms with van der Waals surface area (Å²) >= 11 is 0. The lowest BCUT2D eigenvalue weighted by molar-refractivity contribution is -0.309. The fourth-order valence-corrected chi connectivity index (χ4v) is 2.28. The molecule has 0 radical (unpaired) electrons. The number of aliphatic hydroxyl groups excluding tert-OH is 1. The van der Waals surface area contributed by atoms with Gasteiger partial charge in [0.1, 0.15) is 0 Å². The first-order valence-electron chi connectivity index (χ1n) is 6.56. The van der Waals surface area contributed by atoms with Crippen molar-refractivity contribution < 1.29 is 14.6 Å². The summed E-state index contributed by atoms with van der Waals surface area (Å²) in [5, 5.41) is 9.22. The lowest BCUT2D eigenvalue weighted by Crippen LogP contribution is -2.47. The highest BCUT2D eigenvalue weighted by Gasteiger charge is 2.37. The van der Waals surface area contributed by atoms with Crippen LogP contribution >= 0.6 is 0 Å². The number of allylic oxidation sites excluding steroid dienone is 1. The molecule has 3 heteroatoms. The maximum Gasteiger partial charge on any atom is 0.163 e. The van der Waals surface area contributed by atoms with Gasteiger partial charge in [-0.2, -0.15) is 0 Å². The summed E-state index contributed by atoms with van der Waals surface area (Å²) < 4.78 is 11.8. The Bertz CT molecular complexity index is 238. The Labute approximate surface area is 105 Å². The summed E-state index contributed by atoms with van der Waals surface area (Å²) in [5.41, 5.74) is 0. The molecular weight excluding hydrogens is 216 g/mol. The van der Waals surface area contributed by atoms with Crippen molar-refractivity contribution >= 4 is 0 Å². The largest absolute Gasteiger partial charge is 0.396 e. The third kappa shape index (κ3) is 4.78. The van der Waals surface area contributed by atoms with Crippen LogP contribution < -0.4 is 0 Å². The fourth-order valence-electron chi connectivity index (χ4n) is 2.28. The Morgan fingerprint density at radius 1 is 1.47 bits per heavy atom. The van der Waals surface area contributed by atoms with Gasteiger partial charge in [-0.1, -0.05) is 13.0 Å². The minimum absolute atomic E-state index is 0.0949. The van der Waals surface area contributed by atoms with E-state index in [-0.39, 0.29) is 24.7 Å². The lowest BCUT2D eigenvalue weighted by atomic mass is 9.95. The van der Waals surface area contributed by atoms with Gasteiger partial charge in [0.2, 0.25) is 0 Å². The van der Waals surface area contributed by atoms with Gasteiger partial charge in [0.05, 0.1) is 12.2 Å². The second kappa shape index (κ2) is 6.53. The lowest BCUT2D eigenvalue weighted by Gasteiger charge is -2.42. The number of hydrogen-bond acceptors (Lipinski definition) is 3. The predicted octanol–water partition coefficient (Wildman–Crippen LogP) is 2.88. The highest BCUT2D eigenvalue weighted by molar-refractivity contribution is 4.80. The second-order valence-electron chi connectivity index (χ2n) is 5.41. The van der Waals surface area contributed by atoms with E-state index in [1.165, 1.54) is 0 Å². The van der Waals surface area contributed by atoms with Crippen LogP contribution in [0, 0.1) is 5.92 Å². The minimum Gasteiger partial charge on any atom is -0.396 e. The van der Waals surface area contributed by atoms with Crippen molar-refractivity contribution in [2.45, 2.75) is 64.4 Å². The van der Waals surface area contributed by atoms with Crippen LogP contribution in [0.25, 0.3) is 0 Å². The number of aliphatic hydroxyl groups is 1. The van der Waals surface area contributed by atoms with Gasteiger partial charge in [-0.25, -0.2) is 0 Å². The molecule has 0 aliphatic carbocycles. The molecule has 0 aromatic carbocycles. The molecule has 3 atom stereocenters. The molecule has 0 unspecified atom stereocenters. The normalized spacial score (nSPS) is 29.9. The van der Waals surface area contributed by atoms with Gasteiger partial charge < -0.3 is 14.6 Å². The van der Waals surface area contributed by atoms with Gasteiger partial charge in [-0.15, -0.1) is 6.58 Å². The van der Waals surface area contributed by atoms with Crippen LogP contribution in [0.15, 0.2) is 12.7 Å². The molecule has 1 N–H and O–H groups in total. The van der Waals surface area contributed by atoms with Crippen molar-refractivity contribution in [3.05, 3.63) is 12.7 Å². The van der Waals surface area contributed by atoms with Crippen molar-refractivity contribution in [3.8, 4) is 0 Å². The standard InChI is InChI=1S/C14H26O3/c1-5-6-7-8-12-9-13(11(2)10-15)17-14(3,4)16-12/h5,11-13,15H,1,6-10H2,2-4H3/t11-,12-,13+/m1/s1. The maximum atomic E-state index is 9.22. The number of rotatable bonds is 6. The highest BCUT2D eigenvalue weighted by atomic mass is 16.7. The monoisotopic (exact) mass is 242 g/mol. The van der Waals surface area contributed by atoms with Gasteiger partial charge in [0.25, 0.3) is 0 Å². The van der Waals surface area contributed by atoms with Crippen molar-refractivity contribution in [1.82, 2.24) is 0 Å². The first kappa shape index (κ1) is 14.7. The number of ether oxygens (including phenoxy) is 2. The Kier molecular flexibility index (Phi) is 5.63. The molecule has 0 bridgehead atoms. The molecule has 0 aromatic heterocycles. The van der Waals surface area contributed by atoms with Gasteiger partial charge in [0, 0.05) is 18.9 Å². The molecule has 3 nitrogen and oxygen atoms in total. The van der Waals surface area contributed by atoms with Crippen molar-refractivity contribution in [2.24, 2.45) is 5.92 Å². The van der Waals surface area contributed by atoms with E-state index in [2.05, 4.69) is 6.58 Å². The van der Waals surface area contributed by atoms with Crippen molar-refractivity contribution in [1.29, 1.82) is 0 Å². The number of hydrogen-bond donors (Lipinski definition) is 1. The smallest absolute Gasteiger partial charge is 0.163 e. The average molecular weight is 242 g/mol. The molecule has 1 rings (SSSR count). The topological polar surface area (TPSA) is 38.7 Å². The summed E-state index contributed by atoms with van der Waals surface area (Å²) in [4.78, 5) is 0. The van der Waals surface area contributed by atoms with Gasteiger partial charge in [0.15, 0.2) is 5.79 Å². The first-order chi connectivity index (χ1) is 7.98. The molecule has 1 heterocycles. The average Bonchev–Trinajstić information content (AvgIpc) is 2.26. The molecular formula is C14H26O3. The van der Waals surface area contributed by atoms with Gasteiger partial charge >= 0.3 is 0 Å². The molecule has 1 fully saturated rings. The summed E-state index contributed by atoms with van der Waals surface area (Å²) in [6.45, 7) is 9.81. The third-order valence-corrected chi connectivity index (χ3v) is 3.24. The quantitative estimate of drug-likeness (QED) is 0.575. The zero-order valence-corrected chi connectivity index (χ0v) is 11.3. The van der Waals surface area contributed by atoms with Crippen LogP contribution in [-0.2, 0) is 9.47 Å². The van der Waals surface area contributed by atoms with E-state index in [0.717, 1.165) is 25.7 Å². The van der Waals surface area contributed by atoms with E-state index in [9.17, 15) is 5.11 Å². The zero-order valence-electron chi connectivity index (χ0n) is 11.3. The Balaban J connectivity index is 2.51. The second-order valence-corrected chi connectivity index (χ2v) is 5.41. The summed E-state index contributed by atoms with van der Waals surface area (Å²) in [5.74, 6) is -0.370. The molecule has 0 spiro atoms. The molecule has 0 amide bonds. The van der Waals surface area contributed by atoms with E-state index in [4.69, 9.17) is 9.47 Å². The fraction of sp³-hybridized carbons (Fsp3) is 0.857. The van der Waals surface area contributed by atoms with Crippen LogP contribution in [-0.4, -0.2) is 29.7 Å². The molecule has 0 saturated carbocycles. The van der Waals surface area contributed by atoms with Crippen LogP contribution in [0.5, 0.6) is 0 Å². The third-order valence-electron chi connectivity index (χ3n) is 3.24. The van der Waals surface area contributed by atoms with Crippen LogP contribution in [0.3, 0.4) is 0 Å². The van der Waals surface area contributed by atoms with Crippen molar-refractivity contribution in [2.75, 3.05) is 6.61 Å². The molecule has 1 saturated heterocycles. The maximum absolute atomic E-state index is 9.22. The predicted molar refractivity (Wildman–Crippen MR) is 68.7 cm³/mol. The Morgan fingerprint density at radius 2 is 2.18 bits per heavy atom. The summed E-state index contributed by atoms with van der Waals surface area (Å²) in [7, 11) is 0. The van der Waals surface area contributed by atoms with E-state index in [0.29, 0.717) is 0 Å². The molecule has 100 valence electrons.